The fraction of sp³-hybridized carbons (Fsp3) is 0.0645. The van der Waals surface area contributed by atoms with E-state index in [1.54, 1.807) is 0 Å². The second kappa shape index (κ2) is 13.8. The Balaban J connectivity index is 1.19. The molecule has 64 heavy (non-hydrogen) atoms. The molecule has 0 radical (unpaired) electrons. The number of benzene rings is 10. The molecule has 0 saturated heterocycles. The van der Waals surface area contributed by atoms with E-state index in [4.69, 9.17) is 0 Å². The minimum Gasteiger partial charge on any atom is -0.310 e. The van der Waals surface area contributed by atoms with E-state index in [1.807, 2.05) is 0 Å². The predicted molar refractivity (Wildman–Crippen MR) is 267 cm³/mol. The Kier molecular flexibility index (Phi) is 7.90. The summed E-state index contributed by atoms with van der Waals surface area (Å²) in [6.45, 7) is 4.76. The highest BCUT2D eigenvalue weighted by Gasteiger charge is 2.55. The normalized spacial score (nSPS) is 15.5. The van der Waals surface area contributed by atoms with Crippen molar-refractivity contribution in [2.24, 2.45) is 0 Å². The highest BCUT2D eigenvalue weighted by atomic mass is 15.2. The van der Waals surface area contributed by atoms with Gasteiger partial charge in [0.15, 0.2) is 0 Å². The number of nitrogens with zero attached hydrogens (tertiary/aromatic N) is 2. The van der Waals surface area contributed by atoms with E-state index in [0.717, 1.165) is 22.7 Å². The standard InChI is InChI=1S/C62H44N2/c1-61(2)49-33-17-14-30-46(49)58-52(61)36-20-39-55(58)64(44-27-10-5-11-28-44)56-40-41-22-12-13-29-45(41)57-47-31-15-18-34-50(47)62(60(56)57)51-35-19-16-32-48(51)59-53(62)37-21-38-54(59)63(42-23-6-3-7-24-42)43-25-8-4-9-26-43/h3-40H,1-2H3. The SMILES string of the molecule is CC1(C)c2ccccc2-c2c(N(c3ccccc3)c3cc4ccccc4c4c3C3(c5ccccc5-c5c(N(c6ccccc6)c6ccccc6)cccc53)c3ccccc3-4)cccc21. The van der Waals surface area contributed by atoms with Gasteiger partial charge in [-0.2, -0.15) is 0 Å². The third kappa shape index (κ3) is 4.91. The number of hydrogen-bond donors (Lipinski definition) is 0. The van der Waals surface area contributed by atoms with E-state index in [2.05, 4.69) is 254 Å². The minimum absolute atomic E-state index is 0.157. The lowest BCUT2D eigenvalue weighted by Gasteiger charge is -2.37. The van der Waals surface area contributed by atoms with E-state index in [-0.39, 0.29) is 5.41 Å². The Labute approximate surface area is 375 Å². The van der Waals surface area contributed by atoms with Crippen molar-refractivity contribution in [2.75, 3.05) is 9.80 Å². The van der Waals surface area contributed by atoms with Crippen LogP contribution in [0, 0.1) is 0 Å². The molecule has 0 N–H and O–H groups in total. The monoisotopic (exact) mass is 816 g/mol. The van der Waals surface area contributed by atoms with E-state index >= 15 is 0 Å². The lowest BCUT2D eigenvalue weighted by atomic mass is 9.69. The zero-order chi connectivity index (χ0) is 42.6. The summed E-state index contributed by atoms with van der Waals surface area (Å²) in [6.07, 6.45) is 0. The second-order valence-electron chi connectivity index (χ2n) is 18.0. The van der Waals surface area contributed by atoms with Crippen LogP contribution in [0.3, 0.4) is 0 Å². The smallest absolute Gasteiger partial charge is 0.0747 e. The van der Waals surface area contributed by atoms with Crippen LogP contribution < -0.4 is 9.80 Å². The average Bonchev–Trinajstić information content (AvgIpc) is 3.92. The first-order chi connectivity index (χ1) is 31.6. The minimum atomic E-state index is -0.658. The molecule has 0 amide bonds. The molecule has 302 valence electrons. The van der Waals surface area contributed by atoms with Crippen LogP contribution >= 0.6 is 0 Å². The van der Waals surface area contributed by atoms with Gasteiger partial charge in [-0.3, -0.25) is 0 Å². The van der Waals surface area contributed by atoms with Crippen LogP contribution in [0.5, 0.6) is 0 Å². The first kappa shape index (κ1) is 36.7. The lowest BCUT2D eigenvalue weighted by molar-refractivity contribution is 0.660. The molecule has 0 bridgehead atoms. The molecule has 1 atom stereocenters. The second-order valence-corrected chi connectivity index (χ2v) is 18.0. The molecule has 10 aromatic rings. The molecular formula is C62H44N2. The first-order valence-electron chi connectivity index (χ1n) is 22.4. The largest absolute Gasteiger partial charge is 0.310 e. The Morgan fingerprint density at radius 2 is 0.734 bits per heavy atom. The summed E-state index contributed by atoms with van der Waals surface area (Å²) in [4.78, 5) is 5.04. The number of fused-ring (bicyclic) bond motifs is 15. The molecule has 1 unspecified atom stereocenters. The summed E-state index contributed by atoms with van der Waals surface area (Å²) in [5.41, 5.74) is 21.7. The maximum absolute atomic E-state index is 2.60. The molecule has 1 spiro atoms. The van der Waals surface area contributed by atoms with Gasteiger partial charge in [-0.25, -0.2) is 0 Å². The Morgan fingerprint density at radius 3 is 1.34 bits per heavy atom. The van der Waals surface area contributed by atoms with Crippen LogP contribution in [0.25, 0.3) is 44.2 Å². The van der Waals surface area contributed by atoms with Crippen molar-refractivity contribution < 1.29 is 0 Å². The van der Waals surface area contributed by atoms with Gasteiger partial charge in [-0.1, -0.05) is 190 Å². The van der Waals surface area contributed by atoms with Crippen molar-refractivity contribution in [3.05, 3.63) is 264 Å². The molecule has 13 rings (SSSR count). The zero-order valence-corrected chi connectivity index (χ0v) is 35.8. The van der Waals surface area contributed by atoms with Crippen molar-refractivity contribution >= 4 is 44.9 Å². The summed E-state index contributed by atoms with van der Waals surface area (Å²) in [6, 6.07) is 85.8. The van der Waals surface area contributed by atoms with Crippen molar-refractivity contribution in [1.29, 1.82) is 0 Å². The Hall–Kier alpha value is -7.94. The molecular weight excluding hydrogens is 773 g/mol. The zero-order valence-electron chi connectivity index (χ0n) is 35.8. The highest BCUT2D eigenvalue weighted by molar-refractivity contribution is 6.12. The third-order valence-electron chi connectivity index (χ3n) is 14.4. The van der Waals surface area contributed by atoms with Crippen molar-refractivity contribution in [3.63, 3.8) is 0 Å². The van der Waals surface area contributed by atoms with Crippen molar-refractivity contribution in [3.8, 4) is 33.4 Å². The maximum atomic E-state index is 2.60. The molecule has 0 fully saturated rings. The van der Waals surface area contributed by atoms with Gasteiger partial charge in [0.1, 0.15) is 0 Å². The number of rotatable bonds is 6. The van der Waals surface area contributed by atoms with Crippen LogP contribution in [0.1, 0.15) is 47.2 Å². The summed E-state index contributed by atoms with van der Waals surface area (Å²) in [5, 5.41) is 2.48. The van der Waals surface area contributed by atoms with Gasteiger partial charge in [0.25, 0.3) is 0 Å². The lowest BCUT2D eigenvalue weighted by Crippen LogP contribution is -2.28. The Morgan fingerprint density at radius 1 is 0.312 bits per heavy atom. The predicted octanol–water partition coefficient (Wildman–Crippen LogP) is 16.4. The van der Waals surface area contributed by atoms with Gasteiger partial charge in [0, 0.05) is 39.2 Å². The van der Waals surface area contributed by atoms with Crippen molar-refractivity contribution in [2.45, 2.75) is 24.7 Å². The first-order valence-corrected chi connectivity index (χ1v) is 22.4. The van der Waals surface area contributed by atoms with Crippen LogP contribution in [-0.4, -0.2) is 0 Å². The van der Waals surface area contributed by atoms with E-state index in [9.17, 15) is 0 Å². The van der Waals surface area contributed by atoms with Gasteiger partial charge in [-0.15, -0.1) is 0 Å². The molecule has 0 heterocycles. The molecule has 2 heteroatoms. The molecule has 0 aliphatic heterocycles. The van der Waals surface area contributed by atoms with Crippen LogP contribution in [0.4, 0.5) is 34.1 Å². The molecule has 3 aliphatic rings. The molecule has 10 aromatic carbocycles. The van der Waals surface area contributed by atoms with Gasteiger partial charge in [-0.05, 0) is 115 Å². The van der Waals surface area contributed by atoms with Crippen LogP contribution in [-0.2, 0) is 10.8 Å². The van der Waals surface area contributed by atoms with Crippen LogP contribution in [0.2, 0.25) is 0 Å². The number of para-hydroxylation sites is 3. The van der Waals surface area contributed by atoms with Gasteiger partial charge in [0.05, 0.1) is 22.5 Å². The van der Waals surface area contributed by atoms with Crippen LogP contribution in [0.15, 0.2) is 231 Å². The third-order valence-corrected chi connectivity index (χ3v) is 14.4. The summed E-state index contributed by atoms with van der Waals surface area (Å²) in [5.74, 6) is 0. The molecule has 0 aromatic heterocycles. The van der Waals surface area contributed by atoms with Crippen molar-refractivity contribution in [1.82, 2.24) is 0 Å². The summed E-state index contributed by atoms with van der Waals surface area (Å²) >= 11 is 0. The van der Waals surface area contributed by atoms with Gasteiger partial charge < -0.3 is 9.80 Å². The number of hydrogen-bond acceptors (Lipinski definition) is 2. The summed E-state index contributed by atoms with van der Waals surface area (Å²) < 4.78 is 0. The van der Waals surface area contributed by atoms with E-state index in [1.165, 1.54) is 88.9 Å². The molecule has 3 aliphatic carbocycles. The number of anilines is 6. The maximum Gasteiger partial charge on any atom is 0.0747 e. The van der Waals surface area contributed by atoms with E-state index < -0.39 is 5.41 Å². The fourth-order valence-corrected chi connectivity index (χ4v) is 11.9. The van der Waals surface area contributed by atoms with E-state index in [0.29, 0.717) is 0 Å². The topological polar surface area (TPSA) is 6.48 Å². The highest BCUT2D eigenvalue weighted by Crippen LogP contribution is 2.68. The molecule has 2 nitrogen and oxygen atoms in total. The fourth-order valence-electron chi connectivity index (χ4n) is 11.9. The average molecular weight is 817 g/mol. The summed E-state index contributed by atoms with van der Waals surface area (Å²) in [7, 11) is 0. The quantitative estimate of drug-likeness (QED) is 0.165. The van der Waals surface area contributed by atoms with Gasteiger partial charge >= 0.3 is 0 Å². The molecule has 0 saturated carbocycles. The van der Waals surface area contributed by atoms with Gasteiger partial charge in [0.2, 0.25) is 0 Å². The Bertz CT molecular complexity index is 3440.